The number of carboxylic acids is 1. The summed E-state index contributed by atoms with van der Waals surface area (Å²) in [5.74, 6) is -0.255. The van der Waals surface area contributed by atoms with Gasteiger partial charge in [-0.15, -0.1) is 0 Å². The van der Waals surface area contributed by atoms with Crippen molar-refractivity contribution in [2.24, 2.45) is 0 Å². The lowest BCUT2D eigenvalue weighted by Gasteiger charge is -2.50. The molecule has 1 aliphatic rings. The standard InChI is InChI=1S/C18H27NO2/c1-6-7-15(17(20)21)19-16-10-12(2)8-9-14(16)13(3)11-18(19,4)5/h8-10,13,15H,6-7,11H2,1-5H3,(H,20,21). The van der Waals surface area contributed by atoms with E-state index < -0.39 is 12.0 Å². The van der Waals surface area contributed by atoms with Gasteiger partial charge in [-0.2, -0.15) is 0 Å². The second-order valence-electron chi connectivity index (χ2n) is 6.99. The third-order valence-corrected chi connectivity index (χ3v) is 4.59. The van der Waals surface area contributed by atoms with Crippen LogP contribution in [0, 0.1) is 6.92 Å². The third-order valence-electron chi connectivity index (χ3n) is 4.59. The first-order valence-corrected chi connectivity index (χ1v) is 7.90. The maximum absolute atomic E-state index is 11.8. The van der Waals surface area contributed by atoms with Crippen molar-refractivity contribution in [3.63, 3.8) is 0 Å². The monoisotopic (exact) mass is 289 g/mol. The fourth-order valence-corrected chi connectivity index (χ4v) is 3.79. The number of aryl methyl sites for hydroxylation is 1. The fourth-order valence-electron chi connectivity index (χ4n) is 3.79. The zero-order valence-corrected chi connectivity index (χ0v) is 13.8. The number of carbonyl (C=O) groups is 1. The smallest absolute Gasteiger partial charge is 0.326 e. The number of hydrogen-bond donors (Lipinski definition) is 1. The highest BCUT2D eigenvalue weighted by Gasteiger charge is 2.42. The van der Waals surface area contributed by atoms with Crippen molar-refractivity contribution in [2.75, 3.05) is 4.90 Å². The average molecular weight is 289 g/mol. The lowest BCUT2D eigenvalue weighted by atomic mass is 9.78. The minimum Gasteiger partial charge on any atom is -0.480 e. The number of nitrogens with zero attached hydrogens (tertiary/aromatic N) is 1. The fraction of sp³-hybridized carbons (Fsp3) is 0.611. The molecule has 0 saturated carbocycles. The molecule has 0 amide bonds. The maximum Gasteiger partial charge on any atom is 0.326 e. The topological polar surface area (TPSA) is 40.5 Å². The molecule has 116 valence electrons. The molecule has 0 saturated heterocycles. The molecule has 0 spiro atoms. The van der Waals surface area contributed by atoms with Gasteiger partial charge in [0.05, 0.1) is 0 Å². The molecule has 0 aliphatic carbocycles. The lowest BCUT2D eigenvalue weighted by Crippen LogP contribution is -2.56. The van der Waals surface area contributed by atoms with Crippen molar-refractivity contribution in [3.8, 4) is 0 Å². The van der Waals surface area contributed by atoms with E-state index in [1.165, 1.54) is 11.1 Å². The first-order valence-electron chi connectivity index (χ1n) is 7.90. The lowest BCUT2D eigenvalue weighted by molar-refractivity contribution is -0.139. The predicted octanol–water partition coefficient (Wildman–Crippen LogP) is 4.34. The molecular formula is C18H27NO2. The SMILES string of the molecule is CCCC(C(=O)O)N1c2cc(C)ccc2C(C)CC1(C)C. The highest BCUT2D eigenvalue weighted by Crippen LogP contribution is 2.45. The van der Waals surface area contributed by atoms with Crippen molar-refractivity contribution in [3.05, 3.63) is 29.3 Å². The molecule has 0 aromatic heterocycles. The van der Waals surface area contributed by atoms with Crippen LogP contribution < -0.4 is 4.90 Å². The van der Waals surface area contributed by atoms with Gasteiger partial charge < -0.3 is 10.0 Å². The quantitative estimate of drug-likeness (QED) is 0.896. The summed E-state index contributed by atoms with van der Waals surface area (Å²) in [6.07, 6.45) is 2.54. The third kappa shape index (κ3) is 2.92. The largest absolute Gasteiger partial charge is 0.480 e. The van der Waals surface area contributed by atoms with Gasteiger partial charge in [-0.25, -0.2) is 4.79 Å². The van der Waals surface area contributed by atoms with E-state index in [0.717, 1.165) is 18.5 Å². The Morgan fingerprint density at radius 1 is 1.48 bits per heavy atom. The normalized spacial score (nSPS) is 21.8. The number of fused-ring (bicyclic) bond motifs is 1. The Labute approximate surface area is 128 Å². The average Bonchev–Trinajstić information content (AvgIpc) is 2.36. The summed E-state index contributed by atoms with van der Waals surface area (Å²) >= 11 is 0. The summed E-state index contributed by atoms with van der Waals surface area (Å²) < 4.78 is 0. The number of aliphatic carboxylic acids is 1. The predicted molar refractivity (Wildman–Crippen MR) is 87.1 cm³/mol. The molecule has 2 unspecified atom stereocenters. The minimum absolute atomic E-state index is 0.140. The highest BCUT2D eigenvalue weighted by molar-refractivity contribution is 5.80. The molecule has 0 radical (unpaired) electrons. The van der Waals surface area contributed by atoms with Crippen molar-refractivity contribution in [1.29, 1.82) is 0 Å². The van der Waals surface area contributed by atoms with Crippen LogP contribution in [0.2, 0.25) is 0 Å². The van der Waals surface area contributed by atoms with Gasteiger partial charge in [-0.1, -0.05) is 32.4 Å². The minimum atomic E-state index is -0.716. The van der Waals surface area contributed by atoms with Crippen LogP contribution in [-0.2, 0) is 4.79 Å². The summed E-state index contributed by atoms with van der Waals surface area (Å²) in [4.78, 5) is 14.0. The first kappa shape index (κ1) is 15.9. The van der Waals surface area contributed by atoms with Crippen LogP contribution in [0.4, 0.5) is 5.69 Å². The Morgan fingerprint density at radius 3 is 2.71 bits per heavy atom. The molecule has 1 aromatic carbocycles. The van der Waals surface area contributed by atoms with Gasteiger partial charge in [0, 0.05) is 11.2 Å². The molecule has 21 heavy (non-hydrogen) atoms. The van der Waals surface area contributed by atoms with E-state index in [2.05, 4.69) is 50.8 Å². The van der Waals surface area contributed by atoms with E-state index >= 15 is 0 Å². The van der Waals surface area contributed by atoms with Crippen LogP contribution >= 0.6 is 0 Å². The Kier molecular flexibility index (Phi) is 4.31. The highest BCUT2D eigenvalue weighted by atomic mass is 16.4. The van der Waals surface area contributed by atoms with Crippen LogP contribution in [0.5, 0.6) is 0 Å². The second-order valence-corrected chi connectivity index (χ2v) is 6.99. The van der Waals surface area contributed by atoms with E-state index in [9.17, 15) is 9.90 Å². The van der Waals surface area contributed by atoms with Gasteiger partial charge in [-0.3, -0.25) is 0 Å². The van der Waals surface area contributed by atoms with Crippen LogP contribution in [0.1, 0.15) is 64.0 Å². The van der Waals surface area contributed by atoms with Crippen LogP contribution in [-0.4, -0.2) is 22.7 Å². The van der Waals surface area contributed by atoms with Gasteiger partial charge in [0.15, 0.2) is 0 Å². The molecule has 1 aromatic rings. The van der Waals surface area contributed by atoms with Crippen molar-refractivity contribution in [2.45, 2.75) is 71.4 Å². The molecule has 3 nitrogen and oxygen atoms in total. The molecule has 0 bridgehead atoms. The molecular weight excluding hydrogens is 262 g/mol. The molecule has 0 fully saturated rings. The van der Waals surface area contributed by atoms with E-state index in [4.69, 9.17) is 0 Å². The Bertz CT molecular complexity index is 536. The van der Waals surface area contributed by atoms with Crippen molar-refractivity contribution in [1.82, 2.24) is 0 Å². The number of anilines is 1. The van der Waals surface area contributed by atoms with E-state index in [1.807, 2.05) is 6.92 Å². The van der Waals surface area contributed by atoms with Crippen molar-refractivity contribution < 1.29 is 9.90 Å². The Hall–Kier alpha value is -1.51. The van der Waals surface area contributed by atoms with Crippen LogP contribution in [0.15, 0.2) is 18.2 Å². The van der Waals surface area contributed by atoms with Gasteiger partial charge >= 0.3 is 5.97 Å². The van der Waals surface area contributed by atoms with Crippen LogP contribution in [0.3, 0.4) is 0 Å². The van der Waals surface area contributed by atoms with E-state index in [1.54, 1.807) is 0 Å². The Balaban J connectivity index is 2.58. The summed E-state index contributed by atoms with van der Waals surface area (Å²) in [6, 6.07) is 6.00. The number of rotatable bonds is 4. The summed E-state index contributed by atoms with van der Waals surface area (Å²) in [7, 11) is 0. The Morgan fingerprint density at radius 2 is 2.14 bits per heavy atom. The van der Waals surface area contributed by atoms with Gasteiger partial charge in [0.25, 0.3) is 0 Å². The van der Waals surface area contributed by atoms with Gasteiger partial charge in [0.2, 0.25) is 0 Å². The maximum atomic E-state index is 11.8. The zero-order chi connectivity index (χ0) is 15.8. The number of carboxylic acid groups (broad SMARTS) is 1. The molecule has 1 heterocycles. The summed E-state index contributed by atoms with van der Waals surface area (Å²) in [6.45, 7) is 10.7. The second kappa shape index (κ2) is 5.70. The first-order chi connectivity index (χ1) is 9.77. The summed E-state index contributed by atoms with van der Waals surface area (Å²) in [5, 5.41) is 9.71. The van der Waals surface area contributed by atoms with E-state index in [0.29, 0.717) is 12.3 Å². The number of benzene rings is 1. The van der Waals surface area contributed by atoms with E-state index in [-0.39, 0.29) is 5.54 Å². The van der Waals surface area contributed by atoms with Gasteiger partial charge in [0.1, 0.15) is 6.04 Å². The molecule has 1 aliphatic heterocycles. The molecule has 2 rings (SSSR count). The van der Waals surface area contributed by atoms with Crippen LogP contribution in [0.25, 0.3) is 0 Å². The molecule has 3 heteroatoms. The molecule has 1 N–H and O–H groups in total. The summed E-state index contributed by atoms with van der Waals surface area (Å²) in [5.41, 5.74) is 3.43. The molecule has 2 atom stereocenters. The van der Waals surface area contributed by atoms with Crippen molar-refractivity contribution >= 4 is 11.7 Å². The number of hydrogen-bond acceptors (Lipinski definition) is 2. The van der Waals surface area contributed by atoms with Gasteiger partial charge in [-0.05, 0) is 56.7 Å². The zero-order valence-electron chi connectivity index (χ0n) is 13.8.